The van der Waals surface area contributed by atoms with E-state index in [1.165, 1.54) is 6.20 Å². The Balaban J connectivity index is 2.37. The number of fused-ring (bicyclic) bond motifs is 1. The first-order chi connectivity index (χ1) is 13.0. The predicted octanol–water partition coefficient (Wildman–Crippen LogP) is 4.88. The molecule has 0 bridgehead atoms. The third-order valence-electron chi connectivity index (χ3n) is 4.37. The van der Waals surface area contributed by atoms with Crippen LogP contribution in [0.5, 0.6) is 0 Å². The maximum absolute atomic E-state index is 13.2. The summed E-state index contributed by atoms with van der Waals surface area (Å²) in [5.74, 6) is -6.78. The summed E-state index contributed by atoms with van der Waals surface area (Å²) in [5.41, 5.74) is 0.682. The van der Waals surface area contributed by atoms with Crippen molar-refractivity contribution in [1.29, 1.82) is 0 Å². The Hall–Kier alpha value is -2.65. The highest BCUT2D eigenvalue weighted by atomic mass is 19.4. The molecule has 28 heavy (non-hydrogen) atoms. The molecule has 0 aliphatic heterocycles. The molecular formula is C18H18F5NO4. The van der Waals surface area contributed by atoms with Crippen LogP contribution in [0.2, 0.25) is 0 Å². The molecule has 1 aromatic carbocycles. The Morgan fingerprint density at radius 3 is 2.29 bits per heavy atom. The molecule has 0 amide bonds. The average molecular weight is 407 g/mol. The van der Waals surface area contributed by atoms with Crippen molar-refractivity contribution in [3.05, 3.63) is 36.0 Å². The van der Waals surface area contributed by atoms with Gasteiger partial charge in [0.15, 0.2) is 0 Å². The highest BCUT2D eigenvalue weighted by Crippen LogP contribution is 2.40. The zero-order valence-corrected chi connectivity index (χ0v) is 15.1. The van der Waals surface area contributed by atoms with E-state index in [-0.39, 0.29) is 12.0 Å². The molecule has 0 fully saturated rings. The van der Waals surface area contributed by atoms with Gasteiger partial charge < -0.3 is 9.47 Å². The van der Waals surface area contributed by atoms with Crippen molar-refractivity contribution in [2.75, 3.05) is 14.2 Å². The fourth-order valence-electron chi connectivity index (χ4n) is 2.95. The maximum Gasteiger partial charge on any atom is 0.453 e. The second kappa shape index (κ2) is 8.15. The standard InChI is InChI=1S/C18H18F5NO4/c1-27-15(25)12(7-5-9-17(19,20)18(21,22)23)13-10-24(16(26)28-2)14-8-4-3-6-11(13)14/h3-4,6,8,10,12H,5,7,9H2,1-2H3. The first-order valence-corrected chi connectivity index (χ1v) is 8.24. The van der Waals surface area contributed by atoms with Crippen LogP contribution in [0.4, 0.5) is 26.7 Å². The molecule has 154 valence electrons. The number of carbonyl (C=O) groups excluding carboxylic acids is 2. The molecule has 1 aromatic heterocycles. The fourth-order valence-corrected chi connectivity index (χ4v) is 2.95. The van der Waals surface area contributed by atoms with E-state index < -0.39 is 42.9 Å². The van der Waals surface area contributed by atoms with E-state index in [0.29, 0.717) is 10.9 Å². The van der Waals surface area contributed by atoms with Gasteiger partial charge in [0.05, 0.1) is 25.7 Å². The molecule has 0 saturated carbocycles. The zero-order chi connectivity index (χ0) is 21.1. The van der Waals surface area contributed by atoms with Gasteiger partial charge in [-0.2, -0.15) is 22.0 Å². The van der Waals surface area contributed by atoms with Gasteiger partial charge >= 0.3 is 24.2 Å². The third kappa shape index (κ3) is 4.26. The van der Waals surface area contributed by atoms with Crippen LogP contribution in [0.1, 0.15) is 30.7 Å². The van der Waals surface area contributed by atoms with E-state index in [4.69, 9.17) is 0 Å². The maximum atomic E-state index is 13.2. The molecule has 0 radical (unpaired) electrons. The van der Waals surface area contributed by atoms with Crippen LogP contribution in [-0.4, -0.2) is 42.9 Å². The summed E-state index contributed by atoms with van der Waals surface area (Å²) < 4.78 is 73.9. The second-order valence-electron chi connectivity index (χ2n) is 6.11. The van der Waals surface area contributed by atoms with Crippen molar-refractivity contribution < 1.29 is 41.0 Å². The SMILES string of the molecule is COC(=O)C(CCCC(F)(F)C(F)(F)F)c1cn(C(=O)OC)c2ccccc12. The van der Waals surface area contributed by atoms with Crippen molar-refractivity contribution in [3.63, 3.8) is 0 Å². The van der Waals surface area contributed by atoms with Gasteiger partial charge in [0.1, 0.15) is 0 Å². The van der Waals surface area contributed by atoms with Crippen LogP contribution < -0.4 is 0 Å². The summed E-state index contributed by atoms with van der Waals surface area (Å²) >= 11 is 0. The zero-order valence-electron chi connectivity index (χ0n) is 15.1. The second-order valence-corrected chi connectivity index (χ2v) is 6.11. The molecular weight excluding hydrogens is 389 g/mol. The Kier molecular flexibility index (Phi) is 6.30. The van der Waals surface area contributed by atoms with Gasteiger partial charge in [0.25, 0.3) is 0 Å². The summed E-state index contributed by atoms with van der Waals surface area (Å²) in [4.78, 5) is 24.2. The molecule has 1 unspecified atom stereocenters. The summed E-state index contributed by atoms with van der Waals surface area (Å²) in [6.07, 6.45) is -7.44. The van der Waals surface area contributed by atoms with Crippen molar-refractivity contribution in [2.24, 2.45) is 0 Å². The molecule has 2 rings (SSSR count). The predicted molar refractivity (Wildman–Crippen MR) is 89.4 cm³/mol. The number of hydrogen-bond acceptors (Lipinski definition) is 4. The number of nitrogens with zero attached hydrogens (tertiary/aromatic N) is 1. The number of aromatic nitrogens is 1. The van der Waals surface area contributed by atoms with Gasteiger partial charge in [-0.25, -0.2) is 4.79 Å². The summed E-state index contributed by atoms with van der Waals surface area (Å²) in [5, 5.41) is 0.464. The number of para-hydroxylation sites is 1. The lowest BCUT2D eigenvalue weighted by molar-refractivity contribution is -0.284. The molecule has 0 aliphatic carbocycles. The quantitative estimate of drug-likeness (QED) is 0.506. The number of hydrogen-bond donors (Lipinski definition) is 0. The van der Waals surface area contributed by atoms with E-state index in [1.807, 2.05) is 0 Å². The van der Waals surface area contributed by atoms with Gasteiger partial charge in [0.2, 0.25) is 0 Å². The van der Waals surface area contributed by atoms with Gasteiger partial charge in [0, 0.05) is 18.0 Å². The number of benzene rings is 1. The van der Waals surface area contributed by atoms with Gasteiger partial charge in [-0.3, -0.25) is 9.36 Å². The minimum atomic E-state index is -5.66. The molecule has 2 aromatic rings. The summed E-state index contributed by atoms with van der Waals surface area (Å²) in [6, 6.07) is 6.47. The Labute approximate surface area is 157 Å². The Morgan fingerprint density at radius 1 is 1.07 bits per heavy atom. The number of halogens is 5. The fraction of sp³-hybridized carbons (Fsp3) is 0.444. The Bertz CT molecular complexity index is 859. The molecule has 0 N–H and O–H groups in total. The average Bonchev–Trinajstić information content (AvgIpc) is 3.02. The molecule has 0 aliphatic rings. The minimum absolute atomic E-state index is 0.281. The molecule has 5 nitrogen and oxygen atoms in total. The van der Waals surface area contributed by atoms with Gasteiger partial charge in [-0.1, -0.05) is 18.2 Å². The number of ether oxygens (including phenoxy) is 2. The van der Waals surface area contributed by atoms with E-state index in [9.17, 15) is 31.5 Å². The molecule has 0 spiro atoms. The molecule has 10 heteroatoms. The highest BCUT2D eigenvalue weighted by molar-refractivity contribution is 5.95. The topological polar surface area (TPSA) is 57.5 Å². The van der Waals surface area contributed by atoms with Crippen molar-refractivity contribution in [2.45, 2.75) is 37.3 Å². The number of esters is 1. The Morgan fingerprint density at radius 2 is 1.71 bits per heavy atom. The van der Waals surface area contributed by atoms with E-state index >= 15 is 0 Å². The molecule has 1 atom stereocenters. The van der Waals surface area contributed by atoms with Crippen LogP contribution in [-0.2, 0) is 14.3 Å². The molecule has 0 saturated heterocycles. The number of carbonyl (C=O) groups is 2. The number of alkyl halides is 5. The molecule has 1 heterocycles. The smallest absolute Gasteiger partial charge is 0.453 e. The summed E-state index contributed by atoms with van der Waals surface area (Å²) in [7, 11) is 2.24. The van der Waals surface area contributed by atoms with Crippen LogP contribution in [0.15, 0.2) is 30.5 Å². The van der Waals surface area contributed by atoms with E-state index in [1.54, 1.807) is 24.3 Å². The number of methoxy groups -OCH3 is 2. The number of rotatable bonds is 6. The minimum Gasteiger partial charge on any atom is -0.469 e. The third-order valence-corrected chi connectivity index (χ3v) is 4.37. The van der Waals surface area contributed by atoms with Crippen LogP contribution in [0, 0.1) is 0 Å². The summed E-state index contributed by atoms with van der Waals surface area (Å²) in [6.45, 7) is 0. The lowest BCUT2D eigenvalue weighted by atomic mass is 9.92. The van der Waals surface area contributed by atoms with Crippen molar-refractivity contribution >= 4 is 23.0 Å². The normalized spacial score (nSPS) is 13.4. The van der Waals surface area contributed by atoms with E-state index in [0.717, 1.165) is 18.8 Å². The lowest BCUT2D eigenvalue weighted by Crippen LogP contribution is -2.36. The first-order valence-electron chi connectivity index (χ1n) is 8.24. The highest BCUT2D eigenvalue weighted by Gasteiger charge is 2.56. The first kappa shape index (κ1) is 21.6. The van der Waals surface area contributed by atoms with Crippen LogP contribution in [0.25, 0.3) is 10.9 Å². The van der Waals surface area contributed by atoms with Crippen molar-refractivity contribution in [1.82, 2.24) is 4.57 Å². The van der Waals surface area contributed by atoms with Crippen molar-refractivity contribution in [3.8, 4) is 0 Å². The lowest BCUT2D eigenvalue weighted by Gasteiger charge is -2.20. The van der Waals surface area contributed by atoms with Crippen LogP contribution >= 0.6 is 0 Å². The van der Waals surface area contributed by atoms with Gasteiger partial charge in [-0.15, -0.1) is 0 Å². The monoisotopic (exact) mass is 407 g/mol. The van der Waals surface area contributed by atoms with E-state index in [2.05, 4.69) is 9.47 Å². The van der Waals surface area contributed by atoms with Crippen LogP contribution in [0.3, 0.4) is 0 Å². The largest absolute Gasteiger partial charge is 0.469 e. The van der Waals surface area contributed by atoms with Gasteiger partial charge in [-0.05, 0) is 24.5 Å².